The van der Waals surface area contributed by atoms with Crippen LogP contribution in [-0.4, -0.2) is 31.8 Å². The monoisotopic (exact) mass is 573 g/mol. The molecule has 0 spiro atoms. The molecular formula is C33H31N7O3. The number of fused-ring (bicyclic) bond motifs is 1. The Bertz CT molecular complexity index is 1750. The van der Waals surface area contributed by atoms with Crippen LogP contribution in [0.3, 0.4) is 0 Å². The van der Waals surface area contributed by atoms with Crippen molar-refractivity contribution in [3.8, 4) is 5.75 Å². The Kier molecular flexibility index (Phi) is 7.73. The Hall–Kier alpha value is -5.64. The van der Waals surface area contributed by atoms with Crippen molar-refractivity contribution in [1.82, 2.24) is 20.0 Å². The van der Waals surface area contributed by atoms with Gasteiger partial charge in [-0.25, -0.2) is 9.69 Å². The first-order valence-electron chi connectivity index (χ1n) is 13.9. The third-order valence-electron chi connectivity index (χ3n) is 7.08. The van der Waals surface area contributed by atoms with Crippen LogP contribution in [0.15, 0.2) is 103 Å². The van der Waals surface area contributed by atoms with E-state index >= 15 is 0 Å². The average molecular weight is 574 g/mol. The summed E-state index contributed by atoms with van der Waals surface area (Å²) in [5.41, 5.74) is 9.82. The number of rotatable bonds is 9. The van der Waals surface area contributed by atoms with E-state index in [1.165, 1.54) is 4.68 Å². The number of benzene rings is 4. The summed E-state index contributed by atoms with van der Waals surface area (Å²) in [5, 5.41) is 16.2. The van der Waals surface area contributed by atoms with Crippen molar-refractivity contribution in [2.24, 2.45) is 0 Å². The lowest BCUT2D eigenvalue weighted by Crippen LogP contribution is -2.46. The molecule has 6 rings (SSSR count). The van der Waals surface area contributed by atoms with Crippen molar-refractivity contribution in [3.63, 3.8) is 0 Å². The molecule has 216 valence electrons. The molecule has 2 amide bonds. The molecule has 1 aliphatic rings. The second kappa shape index (κ2) is 12.1. The second-order valence-corrected chi connectivity index (χ2v) is 10.4. The molecule has 43 heavy (non-hydrogen) atoms. The second-order valence-electron chi connectivity index (χ2n) is 10.4. The first kappa shape index (κ1) is 27.5. The summed E-state index contributed by atoms with van der Waals surface area (Å²) in [6.07, 6.45) is 1.24. The molecule has 4 aromatic carbocycles. The number of hydrazine groups is 1. The fraction of sp³-hybridized carbons (Fsp3) is 0.152. The Labute approximate surface area is 249 Å². The topological polar surface area (TPSA) is 113 Å². The van der Waals surface area contributed by atoms with Crippen LogP contribution in [0.4, 0.5) is 17.1 Å². The van der Waals surface area contributed by atoms with Crippen molar-refractivity contribution in [1.29, 1.82) is 0 Å². The Morgan fingerprint density at radius 2 is 1.72 bits per heavy atom. The van der Waals surface area contributed by atoms with Gasteiger partial charge >= 0.3 is 0 Å². The van der Waals surface area contributed by atoms with Crippen molar-refractivity contribution in [3.05, 3.63) is 131 Å². The van der Waals surface area contributed by atoms with E-state index in [0.29, 0.717) is 17.0 Å². The highest BCUT2D eigenvalue weighted by atomic mass is 16.5. The van der Waals surface area contributed by atoms with Gasteiger partial charge in [0.25, 0.3) is 5.91 Å². The summed E-state index contributed by atoms with van der Waals surface area (Å²) in [4.78, 5) is 26.0. The molecule has 2 heterocycles. The zero-order valence-electron chi connectivity index (χ0n) is 23.8. The molecule has 0 fully saturated rings. The van der Waals surface area contributed by atoms with E-state index in [2.05, 4.69) is 26.4 Å². The summed E-state index contributed by atoms with van der Waals surface area (Å²) in [6.45, 7) is 4.20. The van der Waals surface area contributed by atoms with Gasteiger partial charge in [-0.1, -0.05) is 65.4 Å². The van der Waals surface area contributed by atoms with Crippen LogP contribution in [0.1, 0.15) is 38.9 Å². The van der Waals surface area contributed by atoms with Crippen LogP contribution < -0.4 is 20.8 Å². The maximum absolute atomic E-state index is 13.5. The van der Waals surface area contributed by atoms with Gasteiger partial charge in [0.05, 0.1) is 17.4 Å². The highest BCUT2D eigenvalue weighted by Crippen LogP contribution is 2.34. The van der Waals surface area contributed by atoms with E-state index in [0.717, 1.165) is 33.8 Å². The van der Waals surface area contributed by atoms with E-state index < -0.39 is 6.17 Å². The lowest BCUT2D eigenvalue weighted by Gasteiger charge is -2.38. The Morgan fingerprint density at radius 1 is 0.953 bits per heavy atom. The van der Waals surface area contributed by atoms with Gasteiger partial charge in [0.1, 0.15) is 30.8 Å². The summed E-state index contributed by atoms with van der Waals surface area (Å²) >= 11 is 0. The van der Waals surface area contributed by atoms with Crippen LogP contribution in [0.5, 0.6) is 5.75 Å². The molecule has 5 aromatic rings. The third kappa shape index (κ3) is 6.33. The van der Waals surface area contributed by atoms with Crippen LogP contribution in [0.2, 0.25) is 0 Å². The molecule has 0 saturated carbocycles. The number of carbonyl (C=O) groups is 2. The van der Waals surface area contributed by atoms with Crippen molar-refractivity contribution in [2.45, 2.75) is 33.2 Å². The number of para-hydroxylation sites is 2. The highest BCUT2D eigenvalue weighted by Gasteiger charge is 2.33. The number of hydrogen-bond acceptors (Lipinski definition) is 7. The molecule has 3 N–H and O–H groups in total. The van der Waals surface area contributed by atoms with Gasteiger partial charge in [0.15, 0.2) is 0 Å². The van der Waals surface area contributed by atoms with Crippen molar-refractivity contribution >= 4 is 28.9 Å². The minimum Gasteiger partial charge on any atom is -0.487 e. The van der Waals surface area contributed by atoms with Crippen LogP contribution in [-0.2, 0) is 17.9 Å². The Balaban J connectivity index is 1.09. The molecular weight excluding hydrogens is 542 g/mol. The smallest absolute Gasteiger partial charge is 0.276 e. The molecule has 10 heteroatoms. The van der Waals surface area contributed by atoms with E-state index in [-0.39, 0.29) is 25.0 Å². The van der Waals surface area contributed by atoms with E-state index in [9.17, 15) is 9.59 Å². The lowest BCUT2D eigenvalue weighted by atomic mass is 10.0. The molecule has 1 aromatic heterocycles. The fourth-order valence-electron chi connectivity index (χ4n) is 4.93. The number of anilines is 3. The number of aromatic nitrogens is 3. The predicted octanol–water partition coefficient (Wildman–Crippen LogP) is 5.71. The number of amides is 2. The molecule has 1 unspecified atom stereocenters. The largest absolute Gasteiger partial charge is 0.487 e. The predicted molar refractivity (Wildman–Crippen MR) is 164 cm³/mol. The van der Waals surface area contributed by atoms with Crippen molar-refractivity contribution in [2.75, 3.05) is 16.1 Å². The molecule has 0 aliphatic carbocycles. The third-order valence-corrected chi connectivity index (χ3v) is 7.08. The molecule has 10 nitrogen and oxygen atoms in total. The van der Waals surface area contributed by atoms with Gasteiger partial charge in [-0.15, -0.1) is 5.10 Å². The normalized spacial score (nSPS) is 14.0. The Morgan fingerprint density at radius 3 is 2.51 bits per heavy atom. The van der Waals surface area contributed by atoms with Crippen LogP contribution >= 0.6 is 0 Å². The molecule has 0 radical (unpaired) electrons. The standard InChI is InChI=1S/C33H31N7O3/c1-22-12-17-29(23(2)18-22)34-31(41)20-39-19-26(36-38-39)21-43-27-15-13-24(14-16-27)32-35-30-11-7-6-10-28(30)33(42)40(32)37-25-8-4-3-5-9-25/h3-19,32,35,37H,20-21H2,1-2H3,(H,34,41). The first-order valence-corrected chi connectivity index (χ1v) is 13.9. The maximum Gasteiger partial charge on any atom is 0.276 e. The van der Waals surface area contributed by atoms with E-state index in [4.69, 9.17) is 4.74 Å². The number of ether oxygens (including phenoxy) is 1. The van der Waals surface area contributed by atoms with Crippen LogP contribution in [0, 0.1) is 13.8 Å². The summed E-state index contributed by atoms with van der Waals surface area (Å²) < 4.78 is 7.43. The minimum absolute atomic E-state index is 0.0404. The number of nitrogens with one attached hydrogen (secondary N) is 3. The summed E-state index contributed by atoms with van der Waals surface area (Å²) in [5.74, 6) is 0.318. The van der Waals surface area contributed by atoms with Gasteiger partial charge < -0.3 is 15.4 Å². The van der Waals surface area contributed by atoms with E-state index in [1.54, 1.807) is 11.2 Å². The van der Waals surface area contributed by atoms with Gasteiger partial charge in [0, 0.05) is 11.4 Å². The van der Waals surface area contributed by atoms with Gasteiger partial charge in [-0.05, 0) is 67.4 Å². The number of hydrogen-bond donors (Lipinski definition) is 3. The van der Waals surface area contributed by atoms with Gasteiger partial charge in [-0.3, -0.25) is 15.0 Å². The lowest BCUT2D eigenvalue weighted by molar-refractivity contribution is -0.116. The highest BCUT2D eigenvalue weighted by molar-refractivity contribution is 6.02. The maximum atomic E-state index is 13.5. The quantitative estimate of drug-likeness (QED) is 0.207. The molecule has 1 atom stereocenters. The summed E-state index contributed by atoms with van der Waals surface area (Å²) in [7, 11) is 0. The zero-order valence-corrected chi connectivity index (χ0v) is 23.8. The molecule has 0 bridgehead atoms. The molecule has 1 aliphatic heterocycles. The number of nitrogens with zero attached hydrogens (tertiary/aromatic N) is 4. The minimum atomic E-state index is -0.452. The fourth-order valence-corrected chi connectivity index (χ4v) is 4.93. The van der Waals surface area contributed by atoms with E-state index in [1.807, 2.05) is 111 Å². The average Bonchev–Trinajstić information content (AvgIpc) is 3.46. The van der Waals surface area contributed by atoms with Gasteiger partial charge in [-0.2, -0.15) is 0 Å². The number of aryl methyl sites for hydroxylation is 2. The molecule has 0 saturated heterocycles. The SMILES string of the molecule is Cc1ccc(NC(=O)Cn2cc(COc3ccc(C4Nc5ccccc5C(=O)N4Nc4ccccc4)cc3)nn2)c(C)c1. The van der Waals surface area contributed by atoms with Gasteiger partial charge in [0.2, 0.25) is 5.91 Å². The van der Waals surface area contributed by atoms with Crippen LogP contribution in [0.25, 0.3) is 0 Å². The summed E-state index contributed by atoms with van der Waals surface area (Å²) in [6, 6.07) is 30.5. The van der Waals surface area contributed by atoms with Crippen molar-refractivity contribution < 1.29 is 14.3 Å². The number of carbonyl (C=O) groups excluding carboxylic acids is 2. The zero-order chi connectivity index (χ0) is 29.8. The first-order chi connectivity index (χ1) is 20.9.